The van der Waals surface area contributed by atoms with E-state index >= 15 is 0 Å². The van der Waals surface area contributed by atoms with Crippen molar-refractivity contribution >= 4 is 39.3 Å². The van der Waals surface area contributed by atoms with Crippen LogP contribution in [-0.2, 0) is 4.79 Å². The highest BCUT2D eigenvalue weighted by Crippen LogP contribution is 2.22. The van der Waals surface area contributed by atoms with Gasteiger partial charge in [-0.05, 0) is 18.2 Å². The summed E-state index contributed by atoms with van der Waals surface area (Å²) < 4.78 is 0.830. The Balaban J connectivity index is 2.17. The zero-order valence-corrected chi connectivity index (χ0v) is 11.9. The Morgan fingerprint density at radius 2 is 2.17 bits per heavy atom. The Kier molecular flexibility index (Phi) is 4.24. The molecule has 96 valence electrons. The largest absolute Gasteiger partial charge is 0.354 e. The molecule has 0 bridgehead atoms. The molecule has 0 aliphatic carbocycles. The summed E-state index contributed by atoms with van der Waals surface area (Å²) in [6.07, 6.45) is 0.333. The van der Waals surface area contributed by atoms with Gasteiger partial charge in [-0.1, -0.05) is 27.5 Å². The molecule has 1 N–H and O–H groups in total. The highest BCUT2D eigenvalue weighted by Gasteiger charge is 2.21. The van der Waals surface area contributed by atoms with Gasteiger partial charge >= 0.3 is 0 Å². The first-order valence-corrected chi connectivity index (χ1v) is 6.76. The first-order chi connectivity index (χ1) is 8.58. The molecule has 6 heteroatoms. The molecule has 1 aliphatic rings. The van der Waals surface area contributed by atoms with Gasteiger partial charge in [-0.25, -0.2) is 0 Å². The second-order valence-corrected chi connectivity index (χ2v) is 5.34. The predicted molar refractivity (Wildman–Crippen MR) is 72.7 cm³/mol. The normalized spacial score (nSPS) is 16.1. The van der Waals surface area contributed by atoms with Crippen molar-refractivity contribution in [1.29, 1.82) is 0 Å². The quantitative estimate of drug-likeness (QED) is 0.856. The predicted octanol–water partition coefficient (Wildman–Crippen LogP) is 2.06. The molecule has 0 aromatic heterocycles. The van der Waals surface area contributed by atoms with Gasteiger partial charge < -0.3 is 10.2 Å². The molecule has 0 saturated carbocycles. The maximum absolute atomic E-state index is 12.3. The van der Waals surface area contributed by atoms with Gasteiger partial charge in [-0.2, -0.15) is 0 Å². The average Bonchev–Trinajstić information content (AvgIpc) is 2.53. The van der Waals surface area contributed by atoms with E-state index in [1.165, 1.54) is 0 Å². The van der Waals surface area contributed by atoms with E-state index in [0.717, 1.165) is 4.47 Å². The van der Waals surface area contributed by atoms with Gasteiger partial charge in [0.2, 0.25) is 5.91 Å². The SMILES string of the molecule is O=C1CCN(C(=O)c2ccc(Br)cc2Cl)CCN1. The van der Waals surface area contributed by atoms with Crippen LogP contribution in [-0.4, -0.2) is 36.3 Å². The molecule has 1 aromatic rings. The van der Waals surface area contributed by atoms with Gasteiger partial charge in [0.15, 0.2) is 0 Å². The standard InChI is InChI=1S/C12H12BrClN2O2/c13-8-1-2-9(10(14)7-8)12(18)16-5-3-11(17)15-4-6-16/h1-2,7H,3-6H2,(H,15,17). The molecule has 1 aromatic carbocycles. The highest BCUT2D eigenvalue weighted by molar-refractivity contribution is 9.10. The summed E-state index contributed by atoms with van der Waals surface area (Å²) in [4.78, 5) is 25.1. The van der Waals surface area contributed by atoms with Crippen LogP contribution in [0.5, 0.6) is 0 Å². The second-order valence-electron chi connectivity index (χ2n) is 4.02. The Morgan fingerprint density at radius 1 is 1.39 bits per heavy atom. The maximum Gasteiger partial charge on any atom is 0.255 e. The van der Waals surface area contributed by atoms with E-state index in [1.807, 2.05) is 0 Å². The van der Waals surface area contributed by atoms with Crippen molar-refractivity contribution in [3.8, 4) is 0 Å². The van der Waals surface area contributed by atoms with E-state index in [2.05, 4.69) is 21.2 Å². The van der Waals surface area contributed by atoms with Gasteiger partial charge in [-0.15, -0.1) is 0 Å². The summed E-state index contributed by atoms with van der Waals surface area (Å²) in [5.74, 6) is -0.156. The third-order valence-electron chi connectivity index (χ3n) is 2.76. The van der Waals surface area contributed by atoms with Crippen molar-refractivity contribution in [3.05, 3.63) is 33.3 Å². The molecule has 1 fully saturated rings. The van der Waals surface area contributed by atoms with Crippen LogP contribution >= 0.6 is 27.5 Å². The van der Waals surface area contributed by atoms with E-state index in [4.69, 9.17) is 11.6 Å². The van der Waals surface area contributed by atoms with Gasteiger partial charge in [0.1, 0.15) is 0 Å². The van der Waals surface area contributed by atoms with Crippen LogP contribution in [0.4, 0.5) is 0 Å². The summed E-state index contributed by atoms with van der Waals surface area (Å²) in [6.45, 7) is 1.42. The molecule has 4 nitrogen and oxygen atoms in total. The molecule has 0 spiro atoms. The number of amides is 2. The summed E-state index contributed by atoms with van der Waals surface area (Å²) in [7, 11) is 0. The van der Waals surface area contributed by atoms with E-state index in [-0.39, 0.29) is 11.8 Å². The molecule has 1 heterocycles. The van der Waals surface area contributed by atoms with Crippen LogP contribution in [0.3, 0.4) is 0 Å². The molecule has 2 rings (SSSR count). The van der Waals surface area contributed by atoms with E-state index in [9.17, 15) is 9.59 Å². The van der Waals surface area contributed by atoms with Crippen LogP contribution in [0.15, 0.2) is 22.7 Å². The Bertz CT molecular complexity index is 493. The van der Waals surface area contributed by atoms with Gasteiger partial charge in [-0.3, -0.25) is 9.59 Å². The Hall–Kier alpha value is -1.07. The zero-order valence-electron chi connectivity index (χ0n) is 9.58. The minimum Gasteiger partial charge on any atom is -0.354 e. The zero-order chi connectivity index (χ0) is 13.1. The van der Waals surface area contributed by atoms with Crippen LogP contribution < -0.4 is 5.32 Å². The van der Waals surface area contributed by atoms with Crippen molar-refractivity contribution in [2.24, 2.45) is 0 Å². The summed E-state index contributed by atoms with van der Waals surface area (Å²) in [6, 6.07) is 5.16. The van der Waals surface area contributed by atoms with Crippen LogP contribution in [0.25, 0.3) is 0 Å². The Morgan fingerprint density at radius 3 is 2.89 bits per heavy atom. The fraction of sp³-hybridized carbons (Fsp3) is 0.333. The molecular weight excluding hydrogens is 320 g/mol. The van der Waals surface area contributed by atoms with Crippen LogP contribution in [0.1, 0.15) is 16.8 Å². The number of carbonyl (C=O) groups is 2. The lowest BCUT2D eigenvalue weighted by molar-refractivity contribution is -0.120. The lowest BCUT2D eigenvalue weighted by Gasteiger charge is -2.20. The smallest absolute Gasteiger partial charge is 0.255 e. The number of halogens is 2. The third-order valence-corrected chi connectivity index (χ3v) is 3.57. The van der Waals surface area contributed by atoms with Gasteiger partial charge in [0.25, 0.3) is 5.91 Å². The van der Waals surface area contributed by atoms with E-state index in [1.54, 1.807) is 23.1 Å². The number of benzene rings is 1. The number of hydrogen-bond acceptors (Lipinski definition) is 2. The van der Waals surface area contributed by atoms with E-state index in [0.29, 0.717) is 36.6 Å². The topological polar surface area (TPSA) is 49.4 Å². The van der Waals surface area contributed by atoms with Crippen molar-refractivity contribution in [2.75, 3.05) is 19.6 Å². The second kappa shape index (κ2) is 5.71. The minimum atomic E-state index is -0.135. The van der Waals surface area contributed by atoms with Crippen molar-refractivity contribution < 1.29 is 9.59 Å². The molecule has 1 saturated heterocycles. The number of carbonyl (C=O) groups excluding carboxylic acids is 2. The van der Waals surface area contributed by atoms with E-state index < -0.39 is 0 Å². The number of nitrogens with one attached hydrogen (secondary N) is 1. The van der Waals surface area contributed by atoms with Crippen LogP contribution in [0, 0.1) is 0 Å². The first kappa shape index (κ1) is 13.4. The van der Waals surface area contributed by atoms with Crippen molar-refractivity contribution in [2.45, 2.75) is 6.42 Å². The number of rotatable bonds is 1. The summed E-state index contributed by atoms with van der Waals surface area (Å²) >= 11 is 9.35. The molecule has 0 unspecified atom stereocenters. The lowest BCUT2D eigenvalue weighted by atomic mass is 10.2. The molecule has 2 amide bonds. The van der Waals surface area contributed by atoms with Crippen LogP contribution in [0.2, 0.25) is 5.02 Å². The summed E-state index contributed by atoms with van der Waals surface area (Å²) in [5.41, 5.74) is 0.467. The number of hydrogen-bond donors (Lipinski definition) is 1. The monoisotopic (exact) mass is 330 g/mol. The maximum atomic E-state index is 12.3. The molecule has 0 atom stereocenters. The fourth-order valence-electron chi connectivity index (χ4n) is 1.80. The average molecular weight is 332 g/mol. The van der Waals surface area contributed by atoms with Gasteiger partial charge in [0, 0.05) is 30.5 Å². The fourth-order valence-corrected chi connectivity index (χ4v) is 2.56. The third kappa shape index (κ3) is 3.03. The lowest BCUT2D eigenvalue weighted by Crippen LogP contribution is -2.34. The Labute approximate surface area is 118 Å². The molecular formula is C12H12BrClN2O2. The minimum absolute atomic E-state index is 0.0211. The van der Waals surface area contributed by atoms with Crippen molar-refractivity contribution in [1.82, 2.24) is 10.2 Å². The molecule has 1 aliphatic heterocycles. The van der Waals surface area contributed by atoms with Crippen molar-refractivity contribution in [3.63, 3.8) is 0 Å². The first-order valence-electron chi connectivity index (χ1n) is 5.59. The molecule has 18 heavy (non-hydrogen) atoms. The summed E-state index contributed by atoms with van der Waals surface area (Å²) in [5, 5.41) is 3.15. The number of nitrogens with zero attached hydrogens (tertiary/aromatic N) is 1. The highest BCUT2D eigenvalue weighted by atomic mass is 79.9. The molecule has 0 radical (unpaired) electrons. The van der Waals surface area contributed by atoms with Gasteiger partial charge in [0.05, 0.1) is 10.6 Å².